The van der Waals surface area contributed by atoms with E-state index in [1.807, 2.05) is 4.90 Å². The largest absolute Gasteiger partial charge is 0.338 e. The first-order valence-electron chi connectivity index (χ1n) is 8.13. The number of rotatable bonds is 3. The lowest BCUT2D eigenvalue weighted by Crippen LogP contribution is -2.47. The summed E-state index contributed by atoms with van der Waals surface area (Å²) in [7, 11) is 0. The summed E-state index contributed by atoms with van der Waals surface area (Å²) < 4.78 is 1.29. The molecule has 0 spiro atoms. The Balaban J connectivity index is 1.98. The first-order valence-corrected chi connectivity index (χ1v) is 8.13. The lowest BCUT2D eigenvalue weighted by atomic mass is 10.00. The number of amides is 1. The highest BCUT2D eigenvalue weighted by molar-refractivity contribution is 5.80. The molecule has 6 heteroatoms. The van der Waals surface area contributed by atoms with Crippen molar-refractivity contribution < 1.29 is 4.79 Å². The molecule has 2 heterocycles. The van der Waals surface area contributed by atoms with Crippen LogP contribution in [-0.4, -0.2) is 32.9 Å². The molecule has 0 radical (unpaired) electrons. The summed E-state index contributed by atoms with van der Waals surface area (Å²) >= 11 is 0. The van der Waals surface area contributed by atoms with Gasteiger partial charge in [0.05, 0.1) is 11.0 Å². The Morgan fingerprint density at radius 1 is 1.26 bits per heavy atom. The second kappa shape index (κ2) is 6.40. The zero-order chi connectivity index (χ0) is 16.4. The Bertz CT molecular complexity index is 837. The fraction of sp³-hybridized carbons (Fsp3) is 0.471. The monoisotopic (exact) mass is 315 g/mol. The van der Waals surface area contributed by atoms with E-state index in [0.29, 0.717) is 11.0 Å². The van der Waals surface area contributed by atoms with Gasteiger partial charge in [0.1, 0.15) is 6.54 Å². The highest BCUT2D eigenvalue weighted by atomic mass is 16.2. The van der Waals surface area contributed by atoms with Crippen molar-refractivity contribution in [2.45, 2.75) is 45.2 Å². The standard InChI is InChI=1S/C17H21N3O3/c1-2-12-7-5-6-10-19(12)15(21)11-20-14-9-4-3-8-13(14)18-16(22)17(20)23/h3-4,8-9,12H,2,5-7,10-11H2,1H3,(H,18,22). The molecule has 1 amide bonds. The zero-order valence-corrected chi connectivity index (χ0v) is 13.2. The van der Waals surface area contributed by atoms with Crippen LogP contribution < -0.4 is 11.1 Å². The van der Waals surface area contributed by atoms with Crippen LogP contribution in [0.1, 0.15) is 32.6 Å². The van der Waals surface area contributed by atoms with E-state index in [0.717, 1.165) is 32.2 Å². The van der Waals surface area contributed by atoms with Gasteiger partial charge < -0.3 is 9.88 Å². The number of aromatic nitrogens is 2. The molecule has 1 aliphatic heterocycles. The SMILES string of the molecule is CCC1CCCCN1C(=O)Cn1c(=O)c(=O)[nH]c2ccccc21. The third kappa shape index (κ3) is 2.93. The van der Waals surface area contributed by atoms with Gasteiger partial charge in [0, 0.05) is 12.6 Å². The van der Waals surface area contributed by atoms with E-state index in [2.05, 4.69) is 11.9 Å². The predicted molar refractivity (Wildman–Crippen MR) is 88.5 cm³/mol. The average Bonchev–Trinajstić information content (AvgIpc) is 2.58. The lowest BCUT2D eigenvalue weighted by Gasteiger charge is -2.35. The number of nitrogens with one attached hydrogen (secondary N) is 1. The van der Waals surface area contributed by atoms with Crippen molar-refractivity contribution in [2.24, 2.45) is 0 Å². The molecule has 1 fully saturated rings. The molecule has 2 aromatic rings. The smallest absolute Gasteiger partial charge is 0.317 e. The Labute approximate surface area is 133 Å². The molecular formula is C17H21N3O3. The van der Waals surface area contributed by atoms with Crippen LogP contribution in [0.25, 0.3) is 11.0 Å². The van der Waals surface area contributed by atoms with Crippen molar-refractivity contribution in [3.63, 3.8) is 0 Å². The van der Waals surface area contributed by atoms with E-state index >= 15 is 0 Å². The van der Waals surface area contributed by atoms with E-state index in [9.17, 15) is 14.4 Å². The number of hydrogen-bond donors (Lipinski definition) is 1. The summed E-state index contributed by atoms with van der Waals surface area (Å²) in [5.74, 6) is -0.0885. The molecule has 1 saturated heterocycles. The average molecular weight is 315 g/mol. The number of carbonyl (C=O) groups excluding carboxylic acids is 1. The molecule has 1 unspecified atom stereocenters. The summed E-state index contributed by atoms with van der Waals surface area (Å²) in [5.41, 5.74) is -0.226. The Morgan fingerprint density at radius 3 is 2.83 bits per heavy atom. The molecule has 1 aromatic carbocycles. The fourth-order valence-corrected chi connectivity index (χ4v) is 3.36. The fourth-order valence-electron chi connectivity index (χ4n) is 3.36. The van der Waals surface area contributed by atoms with Gasteiger partial charge in [-0.05, 0) is 37.8 Å². The molecule has 0 saturated carbocycles. The van der Waals surface area contributed by atoms with Gasteiger partial charge in [-0.2, -0.15) is 0 Å². The number of aromatic amines is 1. The molecule has 6 nitrogen and oxygen atoms in total. The van der Waals surface area contributed by atoms with Crippen molar-refractivity contribution in [3.8, 4) is 0 Å². The van der Waals surface area contributed by atoms with E-state index in [4.69, 9.17) is 0 Å². The van der Waals surface area contributed by atoms with Crippen LogP contribution in [-0.2, 0) is 11.3 Å². The number of likely N-dealkylation sites (tertiary alicyclic amines) is 1. The van der Waals surface area contributed by atoms with Crippen molar-refractivity contribution >= 4 is 16.9 Å². The molecule has 1 N–H and O–H groups in total. The van der Waals surface area contributed by atoms with Gasteiger partial charge in [-0.15, -0.1) is 0 Å². The number of para-hydroxylation sites is 2. The minimum atomic E-state index is -0.692. The molecule has 1 aliphatic rings. The van der Waals surface area contributed by atoms with Crippen LogP contribution in [0.5, 0.6) is 0 Å². The van der Waals surface area contributed by atoms with Gasteiger partial charge in [-0.1, -0.05) is 19.1 Å². The number of fused-ring (bicyclic) bond motifs is 1. The predicted octanol–water partition coefficient (Wildman–Crippen LogP) is 1.48. The van der Waals surface area contributed by atoms with Gasteiger partial charge in [-0.3, -0.25) is 19.0 Å². The van der Waals surface area contributed by atoms with E-state index < -0.39 is 11.1 Å². The van der Waals surface area contributed by atoms with Crippen LogP contribution >= 0.6 is 0 Å². The van der Waals surface area contributed by atoms with Crippen LogP contribution in [0, 0.1) is 0 Å². The maximum Gasteiger partial charge on any atom is 0.317 e. The maximum absolute atomic E-state index is 12.7. The number of H-pyrrole nitrogens is 1. The second-order valence-corrected chi connectivity index (χ2v) is 6.01. The van der Waals surface area contributed by atoms with Crippen molar-refractivity contribution in [1.82, 2.24) is 14.5 Å². The summed E-state index contributed by atoms with van der Waals surface area (Å²) in [5, 5.41) is 0. The minimum Gasteiger partial charge on any atom is -0.338 e. The Hall–Kier alpha value is -2.37. The quantitative estimate of drug-likeness (QED) is 0.872. The molecular weight excluding hydrogens is 294 g/mol. The maximum atomic E-state index is 12.7. The van der Waals surface area contributed by atoms with Crippen LogP contribution in [0.4, 0.5) is 0 Å². The topological polar surface area (TPSA) is 75.2 Å². The van der Waals surface area contributed by atoms with Gasteiger partial charge in [-0.25, -0.2) is 0 Å². The van der Waals surface area contributed by atoms with Gasteiger partial charge in [0.25, 0.3) is 0 Å². The summed E-state index contributed by atoms with van der Waals surface area (Å²) in [6, 6.07) is 7.28. The molecule has 0 aliphatic carbocycles. The van der Waals surface area contributed by atoms with Crippen molar-refractivity contribution in [2.75, 3.05) is 6.54 Å². The highest BCUT2D eigenvalue weighted by Crippen LogP contribution is 2.20. The zero-order valence-electron chi connectivity index (χ0n) is 13.2. The van der Waals surface area contributed by atoms with Crippen molar-refractivity contribution in [3.05, 3.63) is 45.0 Å². The van der Waals surface area contributed by atoms with E-state index in [1.54, 1.807) is 24.3 Å². The molecule has 23 heavy (non-hydrogen) atoms. The summed E-state index contributed by atoms with van der Waals surface area (Å²) in [6.45, 7) is 2.72. The lowest BCUT2D eigenvalue weighted by molar-refractivity contribution is -0.135. The third-order valence-electron chi connectivity index (χ3n) is 4.59. The number of nitrogens with zero attached hydrogens (tertiary/aromatic N) is 2. The highest BCUT2D eigenvalue weighted by Gasteiger charge is 2.26. The van der Waals surface area contributed by atoms with Gasteiger partial charge in [0.15, 0.2) is 0 Å². The first kappa shape index (κ1) is 15.5. The van der Waals surface area contributed by atoms with E-state index in [-0.39, 0.29) is 18.5 Å². The molecule has 0 bridgehead atoms. The Kier molecular flexibility index (Phi) is 4.32. The van der Waals surface area contributed by atoms with Crippen LogP contribution in [0.15, 0.2) is 33.9 Å². The number of hydrogen-bond acceptors (Lipinski definition) is 3. The molecule has 3 rings (SSSR count). The molecule has 1 aromatic heterocycles. The number of benzene rings is 1. The summed E-state index contributed by atoms with van der Waals surface area (Å²) in [4.78, 5) is 41.1. The number of piperidine rings is 1. The van der Waals surface area contributed by atoms with E-state index in [1.165, 1.54) is 4.57 Å². The van der Waals surface area contributed by atoms with Crippen LogP contribution in [0.2, 0.25) is 0 Å². The number of carbonyl (C=O) groups is 1. The Morgan fingerprint density at radius 2 is 2.04 bits per heavy atom. The second-order valence-electron chi connectivity index (χ2n) is 6.01. The normalized spacial score (nSPS) is 18.3. The summed E-state index contributed by atoms with van der Waals surface area (Å²) in [6.07, 6.45) is 4.05. The van der Waals surface area contributed by atoms with Crippen LogP contribution in [0.3, 0.4) is 0 Å². The van der Waals surface area contributed by atoms with Crippen molar-refractivity contribution in [1.29, 1.82) is 0 Å². The van der Waals surface area contributed by atoms with Gasteiger partial charge >= 0.3 is 11.1 Å². The third-order valence-corrected chi connectivity index (χ3v) is 4.59. The molecule has 122 valence electrons. The molecule has 1 atom stereocenters. The first-order chi connectivity index (χ1) is 11.1. The van der Waals surface area contributed by atoms with Gasteiger partial charge in [0.2, 0.25) is 5.91 Å². The minimum absolute atomic E-state index is 0.0836.